The first-order valence-corrected chi connectivity index (χ1v) is 10.8. The van der Waals surface area contributed by atoms with Crippen LogP contribution in [0.2, 0.25) is 0 Å². The SMILES string of the molecule is CC(C)(C)CCCCCOCCCOCCCOCC1CCCCC1. The van der Waals surface area contributed by atoms with E-state index in [0.717, 1.165) is 58.4 Å². The Balaban J connectivity index is 1.69. The van der Waals surface area contributed by atoms with E-state index in [1.165, 1.54) is 57.8 Å². The monoisotopic (exact) mass is 356 g/mol. The number of unbranched alkanes of at least 4 members (excludes halogenated alkanes) is 2. The molecule has 0 amide bonds. The van der Waals surface area contributed by atoms with E-state index in [4.69, 9.17) is 14.2 Å². The van der Waals surface area contributed by atoms with Gasteiger partial charge in [-0.15, -0.1) is 0 Å². The fraction of sp³-hybridized carbons (Fsp3) is 1.00. The molecule has 0 radical (unpaired) electrons. The van der Waals surface area contributed by atoms with E-state index in [2.05, 4.69) is 20.8 Å². The van der Waals surface area contributed by atoms with E-state index in [1.807, 2.05) is 0 Å². The van der Waals surface area contributed by atoms with Crippen LogP contribution in [0.1, 0.15) is 91.4 Å². The van der Waals surface area contributed by atoms with Crippen LogP contribution in [0.15, 0.2) is 0 Å². The van der Waals surface area contributed by atoms with Crippen molar-refractivity contribution in [1.82, 2.24) is 0 Å². The highest BCUT2D eigenvalue weighted by Crippen LogP contribution is 2.23. The Morgan fingerprint density at radius 1 is 0.640 bits per heavy atom. The lowest BCUT2D eigenvalue weighted by Gasteiger charge is -2.21. The van der Waals surface area contributed by atoms with E-state index in [0.29, 0.717) is 5.41 Å². The first kappa shape index (κ1) is 22.9. The Labute approximate surface area is 157 Å². The molecule has 0 aromatic heterocycles. The van der Waals surface area contributed by atoms with Crippen LogP contribution in [-0.2, 0) is 14.2 Å². The zero-order chi connectivity index (χ0) is 18.2. The minimum atomic E-state index is 0.471. The van der Waals surface area contributed by atoms with Crippen LogP contribution in [0.4, 0.5) is 0 Å². The van der Waals surface area contributed by atoms with Crippen LogP contribution in [0.25, 0.3) is 0 Å². The fourth-order valence-corrected chi connectivity index (χ4v) is 3.37. The summed E-state index contributed by atoms with van der Waals surface area (Å²) in [5.74, 6) is 0.820. The predicted octanol–water partition coefficient (Wildman–Crippen LogP) is 6.00. The van der Waals surface area contributed by atoms with Gasteiger partial charge in [0.05, 0.1) is 0 Å². The normalized spacial score (nSPS) is 16.4. The van der Waals surface area contributed by atoms with Gasteiger partial charge < -0.3 is 14.2 Å². The number of rotatable bonds is 15. The Morgan fingerprint density at radius 3 is 1.80 bits per heavy atom. The summed E-state index contributed by atoms with van der Waals surface area (Å²) in [6.07, 6.45) is 14.1. The molecule has 1 aliphatic carbocycles. The van der Waals surface area contributed by atoms with Crippen molar-refractivity contribution in [2.24, 2.45) is 11.3 Å². The third-order valence-electron chi connectivity index (χ3n) is 4.95. The molecular weight excluding hydrogens is 312 g/mol. The first-order chi connectivity index (χ1) is 12.1. The molecule has 0 aromatic carbocycles. The largest absolute Gasteiger partial charge is 0.381 e. The summed E-state index contributed by atoms with van der Waals surface area (Å²) >= 11 is 0. The molecule has 0 bridgehead atoms. The molecule has 1 aliphatic rings. The lowest BCUT2D eigenvalue weighted by atomic mass is 9.89. The van der Waals surface area contributed by atoms with Crippen molar-refractivity contribution in [3.05, 3.63) is 0 Å². The van der Waals surface area contributed by atoms with E-state index in [-0.39, 0.29) is 0 Å². The fourth-order valence-electron chi connectivity index (χ4n) is 3.37. The quantitative estimate of drug-likeness (QED) is 0.337. The Bertz CT molecular complexity index is 279. The van der Waals surface area contributed by atoms with Crippen molar-refractivity contribution in [3.63, 3.8) is 0 Å². The van der Waals surface area contributed by atoms with Gasteiger partial charge in [0, 0.05) is 39.6 Å². The van der Waals surface area contributed by atoms with Gasteiger partial charge in [-0.2, -0.15) is 0 Å². The molecule has 3 nitrogen and oxygen atoms in total. The number of hydrogen-bond acceptors (Lipinski definition) is 3. The molecular formula is C22H44O3. The lowest BCUT2D eigenvalue weighted by molar-refractivity contribution is 0.0490. The Morgan fingerprint density at radius 2 is 1.20 bits per heavy atom. The van der Waals surface area contributed by atoms with Crippen molar-refractivity contribution in [3.8, 4) is 0 Å². The van der Waals surface area contributed by atoms with Crippen LogP contribution in [0, 0.1) is 11.3 Å². The maximum absolute atomic E-state index is 5.78. The number of ether oxygens (including phenoxy) is 3. The molecule has 0 aliphatic heterocycles. The van der Waals surface area contributed by atoms with Gasteiger partial charge in [-0.25, -0.2) is 0 Å². The van der Waals surface area contributed by atoms with Gasteiger partial charge in [0.25, 0.3) is 0 Å². The second-order valence-electron chi connectivity index (χ2n) is 8.88. The average molecular weight is 357 g/mol. The van der Waals surface area contributed by atoms with Crippen molar-refractivity contribution in [1.29, 1.82) is 0 Å². The molecule has 150 valence electrons. The highest BCUT2D eigenvalue weighted by molar-refractivity contribution is 4.64. The third kappa shape index (κ3) is 15.8. The summed E-state index contributed by atoms with van der Waals surface area (Å²) in [5.41, 5.74) is 0.471. The lowest BCUT2D eigenvalue weighted by Crippen LogP contribution is -2.14. The molecule has 0 aromatic rings. The van der Waals surface area contributed by atoms with Gasteiger partial charge >= 0.3 is 0 Å². The van der Waals surface area contributed by atoms with Crippen molar-refractivity contribution >= 4 is 0 Å². The molecule has 0 spiro atoms. The zero-order valence-corrected chi connectivity index (χ0v) is 17.3. The summed E-state index contributed by atoms with van der Waals surface area (Å²) in [6, 6.07) is 0. The van der Waals surface area contributed by atoms with Crippen LogP contribution in [0.5, 0.6) is 0 Å². The van der Waals surface area contributed by atoms with Gasteiger partial charge in [0.1, 0.15) is 0 Å². The summed E-state index contributed by atoms with van der Waals surface area (Å²) in [4.78, 5) is 0. The van der Waals surface area contributed by atoms with Gasteiger partial charge in [0.2, 0.25) is 0 Å². The molecule has 1 fully saturated rings. The second-order valence-corrected chi connectivity index (χ2v) is 8.88. The van der Waals surface area contributed by atoms with Crippen molar-refractivity contribution in [2.75, 3.05) is 39.6 Å². The van der Waals surface area contributed by atoms with Crippen LogP contribution in [-0.4, -0.2) is 39.6 Å². The van der Waals surface area contributed by atoms with Crippen molar-refractivity contribution < 1.29 is 14.2 Å². The van der Waals surface area contributed by atoms with Crippen molar-refractivity contribution in [2.45, 2.75) is 91.4 Å². The molecule has 3 heteroatoms. The topological polar surface area (TPSA) is 27.7 Å². The molecule has 1 rings (SSSR count). The summed E-state index contributed by atoms with van der Waals surface area (Å²) in [5, 5.41) is 0. The maximum atomic E-state index is 5.78. The molecule has 0 saturated heterocycles. The number of hydrogen-bond donors (Lipinski definition) is 0. The van der Waals surface area contributed by atoms with E-state index in [1.54, 1.807) is 0 Å². The van der Waals surface area contributed by atoms with Crippen LogP contribution < -0.4 is 0 Å². The maximum Gasteiger partial charge on any atom is 0.0494 e. The van der Waals surface area contributed by atoms with E-state index < -0.39 is 0 Å². The van der Waals surface area contributed by atoms with Crippen LogP contribution >= 0.6 is 0 Å². The summed E-state index contributed by atoms with van der Waals surface area (Å²) in [6.45, 7) is 12.1. The molecule has 0 N–H and O–H groups in total. The highest BCUT2D eigenvalue weighted by atomic mass is 16.5. The molecule has 0 atom stereocenters. The average Bonchev–Trinajstić information content (AvgIpc) is 2.58. The standard InChI is InChI=1S/C22H44O3/c1-22(2,3)14-8-5-9-15-23-16-10-17-24-18-11-19-25-20-21-12-6-4-7-13-21/h21H,4-20H2,1-3H3. The zero-order valence-electron chi connectivity index (χ0n) is 17.3. The third-order valence-corrected chi connectivity index (χ3v) is 4.95. The molecule has 0 heterocycles. The second kappa shape index (κ2) is 15.0. The van der Waals surface area contributed by atoms with Gasteiger partial charge in [-0.05, 0) is 49.9 Å². The van der Waals surface area contributed by atoms with E-state index in [9.17, 15) is 0 Å². The van der Waals surface area contributed by atoms with Gasteiger partial charge in [0.15, 0.2) is 0 Å². The highest BCUT2D eigenvalue weighted by Gasteiger charge is 2.12. The molecule has 1 saturated carbocycles. The Hall–Kier alpha value is -0.120. The molecule has 0 unspecified atom stereocenters. The smallest absolute Gasteiger partial charge is 0.0494 e. The minimum Gasteiger partial charge on any atom is -0.381 e. The minimum absolute atomic E-state index is 0.471. The molecule has 25 heavy (non-hydrogen) atoms. The van der Waals surface area contributed by atoms with Gasteiger partial charge in [-0.3, -0.25) is 0 Å². The van der Waals surface area contributed by atoms with Crippen LogP contribution in [0.3, 0.4) is 0 Å². The summed E-state index contributed by atoms with van der Waals surface area (Å²) in [7, 11) is 0. The summed E-state index contributed by atoms with van der Waals surface area (Å²) < 4.78 is 17.1. The van der Waals surface area contributed by atoms with E-state index >= 15 is 0 Å². The van der Waals surface area contributed by atoms with Gasteiger partial charge in [-0.1, -0.05) is 52.9 Å². The predicted molar refractivity (Wildman–Crippen MR) is 106 cm³/mol. The first-order valence-electron chi connectivity index (χ1n) is 10.8. The Kier molecular flexibility index (Phi) is 13.7.